The number of allylic oxidation sites excluding steroid dienone is 1. The molecule has 142 valence electrons. The predicted octanol–water partition coefficient (Wildman–Crippen LogP) is 3.38. The molecule has 1 aromatic heterocycles. The highest BCUT2D eigenvalue weighted by molar-refractivity contribution is 7.99. The number of nitrogens with zero attached hydrogens (tertiary/aromatic N) is 3. The third-order valence-corrected chi connectivity index (χ3v) is 5.52. The lowest BCUT2D eigenvalue weighted by Crippen LogP contribution is -2.49. The fourth-order valence-corrected chi connectivity index (χ4v) is 3.31. The zero-order chi connectivity index (χ0) is 20.2. The van der Waals surface area contributed by atoms with Gasteiger partial charge in [-0.25, -0.2) is 4.98 Å². The average molecular weight is 405 g/mol. The van der Waals surface area contributed by atoms with Crippen molar-refractivity contribution in [1.29, 1.82) is 5.26 Å². The second-order valence-corrected chi connectivity index (χ2v) is 7.94. The number of nitrogens with one attached hydrogen (secondary N) is 1. The van der Waals surface area contributed by atoms with Gasteiger partial charge in [0.2, 0.25) is 5.91 Å². The summed E-state index contributed by atoms with van der Waals surface area (Å²) in [6.45, 7) is 9.36. The Labute approximate surface area is 167 Å². The van der Waals surface area contributed by atoms with Crippen molar-refractivity contribution < 1.29 is 4.79 Å². The zero-order valence-electron chi connectivity index (χ0n) is 15.5. The lowest BCUT2D eigenvalue weighted by molar-refractivity contribution is -0.120. The van der Waals surface area contributed by atoms with Crippen LogP contribution in [-0.4, -0.2) is 26.8 Å². The Morgan fingerprint density at radius 3 is 2.85 bits per heavy atom. The highest BCUT2D eigenvalue weighted by Gasteiger charge is 2.30. The van der Waals surface area contributed by atoms with E-state index in [9.17, 15) is 14.9 Å². The van der Waals surface area contributed by atoms with E-state index in [1.165, 1.54) is 4.57 Å². The predicted molar refractivity (Wildman–Crippen MR) is 109 cm³/mol. The summed E-state index contributed by atoms with van der Waals surface area (Å²) in [6.07, 6.45) is 1.59. The second-order valence-electron chi connectivity index (χ2n) is 6.57. The first-order valence-electron chi connectivity index (χ1n) is 8.38. The molecule has 0 spiro atoms. The van der Waals surface area contributed by atoms with Gasteiger partial charge in [-0.2, -0.15) is 5.26 Å². The molecule has 1 heterocycles. The van der Waals surface area contributed by atoms with Gasteiger partial charge in [0.1, 0.15) is 5.54 Å². The van der Waals surface area contributed by atoms with E-state index >= 15 is 0 Å². The van der Waals surface area contributed by atoms with Crippen LogP contribution in [0.2, 0.25) is 5.02 Å². The van der Waals surface area contributed by atoms with Crippen molar-refractivity contribution in [2.75, 3.05) is 5.75 Å². The molecular weight excluding hydrogens is 384 g/mol. The number of rotatable bonds is 7. The topological polar surface area (TPSA) is 87.8 Å². The van der Waals surface area contributed by atoms with Gasteiger partial charge in [0.05, 0.1) is 22.7 Å². The van der Waals surface area contributed by atoms with Crippen molar-refractivity contribution in [3.63, 3.8) is 0 Å². The Hall–Kier alpha value is -2.30. The summed E-state index contributed by atoms with van der Waals surface area (Å²) in [4.78, 5) is 29.6. The summed E-state index contributed by atoms with van der Waals surface area (Å²) in [5.74, 6) is -0.306. The molecule has 6 nitrogen and oxygen atoms in total. The molecule has 0 bridgehead atoms. The molecule has 0 aliphatic rings. The van der Waals surface area contributed by atoms with Crippen LogP contribution >= 0.6 is 23.4 Å². The van der Waals surface area contributed by atoms with Crippen LogP contribution in [0.4, 0.5) is 0 Å². The van der Waals surface area contributed by atoms with Gasteiger partial charge in [-0.05, 0) is 31.0 Å². The van der Waals surface area contributed by atoms with Gasteiger partial charge >= 0.3 is 0 Å². The molecule has 8 heteroatoms. The third-order valence-electron chi connectivity index (χ3n) is 4.31. The molecule has 0 saturated carbocycles. The molecule has 0 unspecified atom stereocenters. The average Bonchev–Trinajstić information content (AvgIpc) is 2.63. The van der Waals surface area contributed by atoms with Crippen molar-refractivity contribution in [3.8, 4) is 6.07 Å². The van der Waals surface area contributed by atoms with Crippen LogP contribution in [0.5, 0.6) is 0 Å². The molecule has 0 aliphatic heterocycles. The van der Waals surface area contributed by atoms with E-state index in [2.05, 4.69) is 22.9 Å². The zero-order valence-corrected chi connectivity index (χ0v) is 17.0. The number of hydrogen-bond donors (Lipinski definition) is 1. The van der Waals surface area contributed by atoms with E-state index in [1.54, 1.807) is 31.2 Å². The van der Waals surface area contributed by atoms with E-state index in [4.69, 9.17) is 11.6 Å². The molecule has 1 amide bonds. The van der Waals surface area contributed by atoms with Gasteiger partial charge in [0.15, 0.2) is 5.16 Å². The number of nitriles is 1. The largest absolute Gasteiger partial charge is 0.337 e. The van der Waals surface area contributed by atoms with Gasteiger partial charge in [0, 0.05) is 11.6 Å². The Balaban J connectivity index is 2.30. The lowest BCUT2D eigenvalue weighted by atomic mass is 9.90. The molecule has 1 atom stereocenters. The molecule has 1 aromatic carbocycles. The Morgan fingerprint density at radius 2 is 2.26 bits per heavy atom. The number of hydrogen-bond acceptors (Lipinski definition) is 5. The van der Waals surface area contributed by atoms with Crippen LogP contribution in [0.25, 0.3) is 10.9 Å². The number of fused-ring (bicyclic) bond motifs is 1. The molecule has 2 aromatic rings. The molecule has 0 fully saturated rings. The minimum atomic E-state index is -0.952. The van der Waals surface area contributed by atoms with Crippen molar-refractivity contribution >= 4 is 40.2 Å². The fourth-order valence-electron chi connectivity index (χ4n) is 2.33. The maximum absolute atomic E-state index is 12.8. The first-order valence-corrected chi connectivity index (χ1v) is 9.74. The summed E-state index contributed by atoms with van der Waals surface area (Å²) >= 11 is 7.12. The quantitative estimate of drug-likeness (QED) is 0.434. The first-order chi connectivity index (χ1) is 12.7. The number of carbonyl (C=O) groups excluding carboxylic acids is 1. The van der Waals surface area contributed by atoms with Crippen LogP contribution in [0.3, 0.4) is 0 Å². The minimum absolute atomic E-state index is 0.0344. The lowest BCUT2D eigenvalue weighted by Gasteiger charge is -2.27. The molecule has 1 N–H and O–H groups in total. The molecule has 0 aliphatic carbocycles. The summed E-state index contributed by atoms with van der Waals surface area (Å²) in [5.41, 5.74) is -0.683. The highest BCUT2D eigenvalue weighted by Crippen LogP contribution is 2.21. The monoisotopic (exact) mass is 404 g/mol. The van der Waals surface area contributed by atoms with Crippen LogP contribution in [0.1, 0.15) is 20.8 Å². The number of halogens is 1. The normalized spacial score (nSPS) is 13.2. The number of thioether (sulfide) groups is 1. The van der Waals surface area contributed by atoms with E-state index in [0.717, 1.165) is 11.8 Å². The molecule has 2 rings (SSSR count). The van der Waals surface area contributed by atoms with Crippen LogP contribution < -0.4 is 10.9 Å². The highest BCUT2D eigenvalue weighted by atomic mass is 35.5. The number of carbonyl (C=O) groups is 1. The molecule has 27 heavy (non-hydrogen) atoms. The van der Waals surface area contributed by atoms with Gasteiger partial charge in [-0.15, -0.1) is 6.58 Å². The van der Waals surface area contributed by atoms with Crippen LogP contribution in [0, 0.1) is 17.2 Å². The maximum atomic E-state index is 12.8. The summed E-state index contributed by atoms with van der Waals surface area (Å²) < 4.78 is 1.45. The number of benzene rings is 1. The molecular formula is C19H21ClN4O2S. The standard InChI is InChI=1S/C19H21ClN4O2S/c1-5-8-24-17(26)14-9-13(20)6-7-15(14)22-18(24)27-10-16(25)23-19(4,11-21)12(2)3/h5-7,9,12H,1,8,10H2,2-4H3,(H,23,25)/t19-/m0/s1. The fraction of sp³-hybridized carbons (Fsp3) is 0.368. The van der Waals surface area contributed by atoms with E-state index in [-0.39, 0.29) is 29.7 Å². The van der Waals surface area contributed by atoms with Crippen molar-refractivity contribution in [1.82, 2.24) is 14.9 Å². The molecule has 0 saturated heterocycles. The summed E-state index contributed by atoms with van der Waals surface area (Å²) in [7, 11) is 0. The van der Waals surface area contributed by atoms with E-state index < -0.39 is 5.54 Å². The summed E-state index contributed by atoms with van der Waals surface area (Å²) in [6, 6.07) is 7.05. The van der Waals surface area contributed by atoms with Crippen LogP contribution in [-0.2, 0) is 11.3 Å². The smallest absolute Gasteiger partial charge is 0.262 e. The van der Waals surface area contributed by atoms with Crippen LogP contribution in [0.15, 0.2) is 40.8 Å². The Morgan fingerprint density at radius 1 is 1.56 bits per heavy atom. The Bertz CT molecular complexity index is 980. The van der Waals surface area contributed by atoms with E-state index in [1.807, 2.05) is 13.8 Å². The SMILES string of the molecule is C=CCn1c(SCC(=O)N[C@@](C)(C#N)C(C)C)nc2ccc(Cl)cc2c1=O. The van der Waals surface area contributed by atoms with E-state index in [0.29, 0.717) is 21.1 Å². The van der Waals surface area contributed by atoms with Crippen molar-refractivity contribution in [2.24, 2.45) is 5.92 Å². The second kappa shape index (κ2) is 8.59. The van der Waals surface area contributed by atoms with Crippen molar-refractivity contribution in [2.45, 2.75) is 38.0 Å². The van der Waals surface area contributed by atoms with Crippen molar-refractivity contribution in [3.05, 3.63) is 46.2 Å². The Kier molecular flexibility index (Phi) is 6.68. The number of amides is 1. The summed E-state index contributed by atoms with van der Waals surface area (Å²) in [5, 5.41) is 13.4. The van der Waals surface area contributed by atoms with Gasteiger partial charge in [-0.3, -0.25) is 14.2 Å². The molecule has 0 radical (unpaired) electrons. The minimum Gasteiger partial charge on any atom is -0.337 e. The first kappa shape index (κ1) is 21.0. The van der Waals surface area contributed by atoms with Gasteiger partial charge in [0.25, 0.3) is 5.56 Å². The number of aromatic nitrogens is 2. The van der Waals surface area contributed by atoms with Gasteiger partial charge < -0.3 is 5.32 Å². The maximum Gasteiger partial charge on any atom is 0.262 e. The third kappa shape index (κ3) is 4.71. The van der Waals surface area contributed by atoms with Gasteiger partial charge in [-0.1, -0.05) is 43.3 Å².